The number of hydrogen-bond donors (Lipinski definition) is 2. The van der Waals surface area contributed by atoms with Crippen LogP contribution in [0.15, 0.2) is 18.2 Å². The van der Waals surface area contributed by atoms with Gasteiger partial charge in [0.1, 0.15) is 5.75 Å². The van der Waals surface area contributed by atoms with Gasteiger partial charge in [-0.25, -0.2) is 0 Å². The lowest BCUT2D eigenvalue weighted by Gasteiger charge is -2.34. The van der Waals surface area contributed by atoms with Crippen molar-refractivity contribution in [2.45, 2.75) is 25.3 Å². The van der Waals surface area contributed by atoms with Crippen molar-refractivity contribution in [1.82, 2.24) is 15.5 Å². The van der Waals surface area contributed by atoms with Crippen LogP contribution in [-0.4, -0.2) is 69.3 Å². The molecule has 2 saturated heterocycles. The van der Waals surface area contributed by atoms with Crippen LogP contribution in [0.1, 0.15) is 18.4 Å². The Balaban J connectivity index is 1.40. The highest BCUT2D eigenvalue weighted by Crippen LogP contribution is 2.25. The van der Waals surface area contributed by atoms with Gasteiger partial charge in [-0.05, 0) is 30.5 Å². The number of halogens is 1. The third-order valence-corrected chi connectivity index (χ3v) is 5.53. The number of hydrogen-bond acceptors (Lipinski definition) is 5. The molecule has 2 aliphatic heterocycles. The summed E-state index contributed by atoms with van der Waals surface area (Å²) >= 11 is 6.13. The molecule has 0 bridgehead atoms. The normalized spacial score (nSPS) is 22.1. The number of carbonyl (C=O) groups excluding carboxylic acids is 2. The third-order valence-electron chi connectivity index (χ3n) is 5.23. The number of carbonyl (C=O) groups is 2. The molecule has 2 atom stereocenters. The molecular formula is C20H28ClN3O4. The van der Waals surface area contributed by atoms with E-state index >= 15 is 0 Å². The van der Waals surface area contributed by atoms with E-state index in [1.807, 2.05) is 23.1 Å². The molecule has 28 heavy (non-hydrogen) atoms. The number of nitrogens with one attached hydrogen (secondary N) is 2. The maximum atomic E-state index is 12.5. The number of ether oxygens (including phenoxy) is 2. The first-order valence-corrected chi connectivity index (χ1v) is 10.1. The van der Waals surface area contributed by atoms with E-state index < -0.39 is 0 Å². The van der Waals surface area contributed by atoms with Gasteiger partial charge in [0.2, 0.25) is 11.8 Å². The Morgan fingerprint density at radius 3 is 3.00 bits per heavy atom. The second-order valence-electron chi connectivity index (χ2n) is 7.27. The Morgan fingerprint density at radius 2 is 2.29 bits per heavy atom. The van der Waals surface area contributed by atoms with Crippen LogP contribution >= 0.6 is 11.6 Å². The molecule has 154 valence electrons. The zero-order valence-corrected chi connectivity index (χ0v) is 17.0. The van der Waals surface area contributed by atoms with Crippen molar-refractivity contribution in [3.8, 4) is 5.75 Å². The Morgan fingerprint density at radius 1 is 1.43 bits per heavy atom. The molecule has 0 radical (unpaired) electrons. The molecule has 8 heteroatoms. The number of nitrogens with zero attached hydrogens (tertiary/aromatic N) is 1. The highest BCUT2D eigenvalue weighted by molar-refractivity contribution is 6.32. The fourth-order valence-electron chi connectivity index (χ4n) is 3.66. The molecule has 1 aromatic carbocycles. The van der Waals surface area contributed by atoms with E-state index in [0.717, 1.165) is 12.0 Å². The molecule has 3 rings (SSSR count). The molecule has 2 aliphatic rings. The summed E-state index contributed by atoms with van der Waals surface area (Å²) in [5, 5.41) is 6.85. The fraction of sp³-hybridized carbons (Fsp3) is 0.600. The molecule has 0 aromatic heterocycles. The Kier molecular flexibility index (Phi) is 7.53. The average molecular weight is 410 g/mol. The monoisotopic (exact) mass is 409 g/mol. The van der Waals surface area contributed by atoms with Crippen molar-refractivity contribution in [2.24, 2.45) is 5.92 Å². The Labute approximate surface area is 170 Å². The van der Waals surface area contributed by atoms with Crippen molar-refractivity contribution in [3.05, 3.63) is 28.8 Å². The van der Waals surface area contributed by atoms with Gasteiger partial charge in [0, 0.05) is 45.2 Å². The summed E-state index contributed by atoms with van der Waals surface area (Å²) < 4.78 is 10.5. The molecule has 0 saturated carbocycles. The van der Waals surface area contributed by atoms with Gasteiger partial charge in [0.15, 0.2) is 0 Å². The fourth-order valence-corrected chi connectivity index (χ4v) is 3.94. The number of rotatable bonds is 7. The van der Waals surface area contributed by atoms with Crippen molar-refractivity contribution < 1.29 is 19.1 Å². The van der Waals surface area contributed by atoms with Gasteiger partial charge in [-0.1, -0.05) is 17.7 Å². The van der Waals surface area contributed by atoms with Crippen LogP contribution in [0.4, 0.5) is 0 Å². The minimum absolute atomic E-state index is 0.0180. The van der Waals surface area contributed by atoms with Crippen LogP contribution in [0.25, 0.3) is 0 Å². The number of benzene rings is 1. The first-order chi connectivity index (χ1) is 13.6. The first-order valence-electron chi connectivity index (χ1n) is 9.76. The summed E-state index contributed by atoms with van der Waals surface area (Å²) in [5.41, 5.74) is 1.04. The average Bonchev–Trinajstić information content (AvgIpc) is 3.22. The van der Waals surface area contributed by atoms with E-state index in [2.05, 4.69) is 10.6 Å². The predicted molar refractivity (Wildman–Crippen MR) is 107 cm³/mol. The Bertz CT molecular complexity index is 694. The van der Waals surface area contributed by atoms with Crippen molar-refractivity contribution >= 4 is 23.4 Å². The SMILES string of the molecule is COc1ccc(CCNC(=O)CC2CN(C(=O)C3CCOC3)CCN2)cc1Cl. The van der Waals surface area contributed by atoms with Crippen LogP contribution in [0, 0.1) is 5.92 Å². The van der Waals surface area contributed by atoms with E-state index in [1.54, 1.807) is 7.11 Å². The molecule has 1 aromatic rings. The molecule has 2 N–H and O–H groups in total. The van der Waals surface area contributed by atoms with Crippen molar-refractivity contribution in [3.63, 3.8) is 0 Å². The largest absolute Gasteiger partial charge is 0.495 e. The summed E-state index contributed by atoms with van der Waals surface area (Å²) in [6.45, 7) is 3.68. The van der Waals surface area contributed by atoms with E-state index in [1.165, 1.54) is 0 Å². The standard InChI is InChI=1S/C20H28ClN3O4/c1-27-18-3-2-14(10-17(18)21)4-6-23-19(25)11-16-12-24(8-7-22-16)20(26)15-5-9-28-13-15/h2-3,10,15-16,22H,4-9,11-13H2,1H3,(H,23,25). The number of piperazine rings is 1. The molecular weight excluding hydrogens is 382 g/mol. The summed E-state index contributed by atoms with van der Waals surface area (Å²) in [6, 6.07) is 5.60. The van der Waals surface area contributed by atoms with Gasteiger partial charge in [-0.15, -0.1) is 0 Å². The zero-order valence-electron chi connectivity index (χ0n) is 16.2. The maximum absolute atomic E-state index is 12.5. The van der Waals surface area contributed by atoms with Crippen LogP contribution < -0.4 is 15.4 Å². The molecule has 2 amide bonds. The smallest absolute Gasteiger partial charge is 0.228 e. The van der Waals surface area contributed by atoms with E-state index in [-0.39, 0.29) is 23.8 Å². The molecule has 0 spiro atoms. The quantitative estimate of drug-likeness (QED) is 0.708. The Hall–Kier alpha value is -1.83. The third kappa shape index (κ3) is 5.59. The van der Waals surface area contributed by atoms with Crippen LogP contribution in [0.3, 0.4) is 0 Å². The van der Waals surface area contributed by atoms with Crippen LogP contribution in [-0.2, 0) is 20.7 Å². The molecule has 0 aliphatic carbocycles. The van der Waals surface area contributed by atoms with Crippen LogP contribution in [0.5, 0.6) is 5.75 Å². The lowest BCUT2D eigenvalue weighted by molar-refractivity contribution is -0.137. The highest BCUT2D eigenvalue weighted by atomic mass is 35.5. The van der Waals surface area contributed by atoms with Gasteiger partial charge < -0.3 is 25.0 Å². The molecule has 2 fully saturated rings. The topological polar surface area (TPSA) is 79.9 Å². The lowest BCUT2D eigenvalue weighted by Crippen LogP contribution is -2.55. The second kappa shape index (κ2) is 10.1. The highest BCUT2D eigenvalue weighted by Gasteiger charge is 2.31. The first kappa shape index (κ1) is 20.9. The van der Waals surface area contributed by atoms with E-state index in [4.69, 9.17) is 21.1 Å². The summed E-state index contributed by atoms with van der Waals surface area (Å²) in [5.74, 6) is 0.751. The molecule has 2 unspecified atom stereocenters. The number of methoxy groups -OCH3 is 1. The van der Waals surface area contributed by atoms with Crippen molar-refractivity contribution in [2.75, 3.05) is 46.5 Å². The zero-order chi connectivity index (χ0) is 19.9. The van der Waals surface area contributed by atoms with E-state index in [9.17, 15) is 9.59 Å². The maximum Gasteiger partial charge on any atom is 0.228 e. The van der Waals surface area contributed by atoms with Gasteiger partial charge >= 0.3 is 0 Å². The summed E-state index contributed by atoms with van der Waals surface area (Å²) in [6.07, 6.45) is 1.84. The lowest BCUT2D eigenvalue weighted by atomic mass is 10.0. The van der Waals surface area contributed by atoms with Gasteiger partial charge in [-0.3, -0.25) is 9.59 Å². The summed E-state index contributed by atoms with van der Waals surface area (Å²) in [4.78, 5) is 26.7. The van der Waals surface area contributed by atoms with Gasteiger partial charge in [-0.2, -0.15) is 0 Å². The molecule has 7 nitrogen and oxygen atoms in total. The summed E-state index contributed by atoms with van der Waals surface area (Å²) in [7, 11) is 1.58. The minimum Gasteiger partial charge on any atom is -0.495 e. The number of amides is 2. The van der Waals surface area contributed by atoms with Crippen LogP contribution in [0.2, 0.25) is 5.02 Å². The van der Waals surface area contributed by atoms with Gasteiger partial charge in [0.25, 0.3) is 0 Å². The van der Waals surface area contributed by atoms with Gasteiger partial charge in [0.05, 0.1) is 24.7 Å². The molecule has 2 heterocycles. The van der Waals surface area contributed by atoms with Crippen molar-refractivity contribution in [1.29, 1.82) is 0 Å². The second-order valence-corrected chi connectivity index (χ2v) is 7.68. The van der Waals surface area contributed by atoms with E-state index in [0.29, 0.717) is 63.0 Å². The predicted octanol–water partition coefficient (Wildman–Crippen LogP) is 1.23. The minimum atomic E-state index is -0.0242.